The van der Waals surface area contributed by atoms with Gasteiger partial charge in [-0.3, -0.25) is 14.6 Å². The quantitative estimate of drug-likeness (QED) is 0.799. The van der Waals surface area contributed by atoms with Crippen molar-refractivity contribution in [1.82, 2.24) is 0 Å². The van der Waals surface area contributed by atoms with Crippen LogP contribution in [0.4, 0.5) is 0 Å². The van der Waals surface area contributed by atoms with Crippen molar-refractivity contribution in [3.8, 4) is 0 Å². The lowest BCUT2D eigenvalue weighted by Crippen LogP contribution is -3.41. The molecule has 0 radical (unpaired) electrons. The molecule has 3 nitrogen and oxygen atoms in total. The molecule has 1 aromatic carbocycles. The van der Waals surface area contributed by atoms with Gasteiger partial charge in [0.25, 0.3) is 0 Å². The van der Waals surface area contributed by atoms with E-state index in [2.05, 4.69) is 19.9 Å². The number of hydrogen-bond acceptors (Lipinski definition) is 1. The molecule has 0 saturated carbocycles. The second-order valence-corrected chi connectivity index (χ2v) is 9.36. The van der Waals surface area contributed by atoms with Gasteiger partial charge in [-0.1, -0.05) is 49.9 Å². The molecule has 4 fully saturated rings. The molecule has 4 bridgehead atoms. The minimum absolute atomic E-state index is 0.111. The standard InChI is InChI=1S/C20H26Cl2N2O/c1-3-7-19-10-23-12-20(8-4-2,18(19)25)13-24(11-19)17(23)15-6-5-14(21)9-16(15)22/h5-6,9,17H,3-4,7-8,10-13H2,1-2H3/p+2. The van der Waals surface area contributed by atoms with E-state index in [1.165, 1.54) is 5.56 Å². The fourth-order valence-corrected chi connectivity index (χ4v) is 6.80. The summed E-state index contributed by atoms with van der Waals surface area (Å²) in [4.78, 5) is 16.6. The van der Waals surface area contributed by atoms with Gasteiger partial charge in [0.2, 0.25) is 6.17 Å². The average molecular weight is 383 g/mol. The summed E-state index contributed by atoms with van der Waals surface area (Å²) < 4.78 is 0. The van der Waals surface area contributed by atoms with Gasteiger partial charge in [0, 0.05) is 5.02 Å². The summed E-state index contributed by atoms with van der Waals surface area (Å²) in [5, 5.41) is 1.46. The number of carbonyl (C=O) groups is 1. The number of piperidine rings is 2. The number of carbonyl (C=O) groups excluding carboxylic acids is 1. The first-order valence-corrected chi connectivity index (χ1v) is 10.4. The molecule has 25 heavy (non-hydrogen) atoms. The molecular weight excluding hydrogens is 355 g/mol. The molecule has 5 rings (SSSR count). The number of Topliss-reactive ketones (excluding diaryl/α,β-unsaturated/α-hetero) is 1. The second-order valence-electron chi connectivity index (χ2n) is 8.51. The molecule has 136 valence electrons. The predicted molar refractivity (Wildman–Crippen MR) is 100 cm³/mol. The number of nitrogens with one attached hydrogen (secondary N) is 2. The number of rotatable bonds is 5. The molecule has 4 aliphatic rings. The van der Waals surface area contributed by atoms with Crippen LogP contribution in [-0.2, 0) is 4.79 Å². The molecule has 0 atom stereocenters. The lowest BCUT2D eigenvalue weighted by Gasteiger charge is -2.60. The lowest BCUT2D eigenvalue weighted by atomic mass is 9.57. The van der Waals surface area contributed by atoms with Gasteiger partial charge in [-0.25, -0.2) is 0 Å². The molecule has 0 aromatic heterocycles. The summed E-state index contributed by atoms with van der Waals surface area (Å²) in [6.45, 7) is 8.30. The van der Waals surface area contributed by atoms with Crippen molar-refractivity contribution in [3.63, 3.8) is 0 Å². The smallest absolute Gasteiger partial charge is 0.241 e. The number of halogens is 2. The molecule has 0 unspecified atom stereocenters. The van der Waals surface area contributed by atoms with E-state index >= 15 is 0 Å². The fourth-order valence-electron chi connectivity index (χ4n) is 6.28. The topological polar surface area (TPSA) is 26.0 Å². The predicted octanol–water partition coefficient (Wildman–Crippen LogP) is 1.94. The number of benzene rings is 1. The largest absolute Gasteiger partial charge is 0.297 e. The van der Waals surface area contributed by atoms with Crippen LogP contribution in [0.5, 0.6) is 0 Å². The minimum atomic E-state index is -0.111. The normalized spacial score (nSPS) is 39.2. The number of quaternary nitrogens is 2. The highest BCUT2D eigenvalue weighted by molar-refractivity contribution is 6.35. The summed E-state index contributed by atoms with van der Waals surface area (Å²) in [6, 6.07) is 5.90. The third-order valence-electron chi connectivity index (χ3n) is 6.77. The molecule has 4 heterocycles. The van der Waals surface area contributed by atoms with Gasteiger partial charge >= 0.3 is 0 Å². The van der Waals surface area contributed by atoms with E-state index in [1.54, 1.807) is 9.80 Å². The van der Waals surface area contributed by atoms with E-state index < -0.39 is 0 Å². The third kappa shape index (κ3) is 2.58. The Kier molecular flexibility index (Phi) is 4.43. The third-order valence-corrected chi connectivity index (χ3v) is 7.33. The highest BCUT2D eigenvalue weighted by atomic mass is 35.5. The van der Waals surface area contributed by atoms with E-state index in [9.17, 15) is 4.79 Å². The zero-order chi connectivity index (χ0) is 17.8. The highest BCUT2D eigenvalue weighted by Gasteiger charge is 2.70. The van der Waals surface area contributed by atoms with Gasteiger partial charge in [-0.2, -0.15) is 0 Å². The summed E-state index contributed by atoms with van der Waals surface area (Å²) in [5.74, 6) is 0.580. The van der Waals surface area contributed by atoms with Gasteiger partial charge in [0.1, 0.15) is 37.0 Å². The van der Waals surface area contributed by atoms with Crippen LogP contribution in [0.25, 0.3) is 0 Å². The molecule has 4 saturated heterocycles. The Morgan fingerprint density at radius 2 is 1.52 bits per heavy atom. The number of ketones is 1. The van der Waals surface area contributed by atoms with Gasteiger partial charge in [-0.15, -0.1) is 0 Å². The molecule has 4 aliphatic heterocycles. The van der Waals surface area contributed by atoms with Crippen LogP contribution in [-0.4, -0.2) is 32.0 Å². The van der Waals surface area contributed by atoms with E-state index in [1.807, 2.05) is 12.1 Å². The van der Waals surface area contributed by atoms with Crippen LogP contribution < -0.4 is 9.80 Å². The van der Waals surface area contributed by atoms with Crippen molar-refractivity contribution >= 4 is 29.0 Å². The number of hydrogen-bond donors (Lipinski definition) is 2. The Morgan fingerprint density at radius 1 is 1.00 bits per heavy atom. The van der Waals surface area contributed by atoms with Crippen LogP contribution in [0, 0.1) is 10.8 Å². The first-order chi connectivity index (χ1) is 11.9. The van der Waals surface area contributed by atoms with Gasteiger partial charge < -0.3 is 0 Å². The molecule has 2 N–H and O–H groups in total. The van der Waals surface area contributed by atoms with Crippen LogP contribution in [0.15, 0.2) is 18.2 Å². The zero-order valence-corrected chi connectivity index (χ0v) is 16.6. The minimum Gasteiger partial charge on any atom is -0.297 e. The molecule has 0 spiro atoms. The summed E-state index contributed by atoms with van der Waals surface area (Å²) in [6.07, 6.45) is 4.58. The van der Waals surface area contributed by atoms with Gasteiger partial charge in [0.15, 0.2) is 5.78 Å². The van der Waals surface area contributed by atoms with Crippen LogP contribution in [0.1, 0.15) is 51.3 Å². The monoisotopic (exact) mass is 382 g/mol. The van der Waals surface area contributed by atoms with Crippen molar-refractivity contribution in [2.24, 2.45) is 10.8 Å². The van der Waals surface area contributed by atoms with Gasteiger partial charge in [-0.05, 0) is 31.0 Å². The zero-order valence-electron chi connectivity index (χ0n) is 15.1. The molecular formula is C20H28Cl2N2O+2. The van der Waals surface area contributed by atoms with Crippen molar-refractivity contribution in [1.29, 1.82) is 0 Å². The summed E-state index contributed by atoms with van der Waals surface area (Å²) in [5.41, 5.74) is 0.974. The van der Waals surface area contributed by atoms with Crippen molar-refractivity contribution < 1.29 is 14.6 Å². The van der Waals surface area contributed by atoms with E-state index in [0.29, 0.717) is 17.0 Å². The molecule has 0 aliphatic carbocycles. The van der Waals surface area contributed by atoms with E-state index in [-0.39, 0.29) is 10.8 Å². The lowest BCUT2D eigenvalue weighted by molar-refractivity contribution is -1.18. The molecule has 1 aromatic rings. The van der Waals surface area contributed by atoms with E-state index in [0.717, 1.165) is 56.9 Å². The summed E-state index contributed by atoms with van der Waals surface area (Å²) >= 11 is 12.7. The maximum absolute atomic E-state index is 13.5. The average Bonchev–Trinajstić information content (AvgIpc) is 2.53. The molecule has 5 heteroatoms. The van der Waals surface area contributed by atoms with E-state index in [4.69, 9.17) is 23.2 Å². The maximum Gasteiger partial charge on any atom is 0.241 e. The van der Waals surface area contributed by atoms with Crippen LogP contribution >= 0.6 is 23.2 Å². The Labute approximate surface area is 160 Å². The molecule has 0 amide bonds. The Bertz CT molecular complexity index is 661. The Hall–Kier alpha value is -0.610. The van der Waals surface area contributed by atoms with Crippen molar-refractivity contribution in [3.05, 3.63) is 33.8 Å². The maximum atomic E-state index is 13.5. The summed E-state index contributed by atoms with van der Waals surface area (Å²) in [7, 11) is 0. The Morgan fingerprint density at radius 3 is 1.96 bits per heavy atom. The van der Waals surface area contributed by atoms with Crippen LogP contribution in [0.3, 0.4) is 0 Å². The fraction of sp³-hybridized carbons (Fsp3) is 0.650. The highest BCUT2D eigenvalue weighted by Crippen LogP contribution is 2.42. The first kappa shape index (κ1) is 17.8. The SMILES string of the molecule is CCCC12C[NH+]3CC(CCC)(C[NH+](C1)C3c1ccc(Cl)cc1Cl)C2=O. The first-order valence-electron chi connectivity index (χ1n) is 9.64. The van der Waals surface area contributed by atoms with Crippen molar-refractivity contribution in [2.45, 2.75) is 45.7 Å². The second kappa shape index (κ2) is 6.23. The van der Waals surface area contributed by atoms with Gasteiger partial charge in [0.05, 0.1) is 10.6 Å². The van der Waals surface area contributed by atoms with Crippen molar-refractivity contribution in [2.75, 3.05) is 26.2 Å². The van der Waals surface area contributed by atoms with Crippen LogP contribution in [0.2, 0.25) is 10.0 Å². The Balaban J connectivity index is 1.75.